The molecule has 0 bridgehead atoms. The first kappa shape index (κ1) is 21.6. The van der Waals surface area contributed by atoms with Crippen molar-refractivity contribution in [2.75, 3.05) is 11.9 Å². The van der Waals surface area contributed by atoms with Crippen LogP contribution in [0.3, 0.4) is 0 Å². The highest BCUT2D eigenvalue weighted by Crippen LogP contribution is 2.32. The van der Waals surface area contributed by atoms with Crippen LogP contribution in [0.4, 0.5) is 5.69 Å². The van der Waals surface area contributed by atoms with Gasteiger partial charge in [-0.05, 0) is 61.6 Å². The van der Waals surface area contributed by atoms with Crippen LogP contribution in [-0.4, -0.2) is 29.4 Å². The Morgan fingerprint density at radius 2 is 1.53 bits per heavy atom. The van der Waals surface area contributed by atoms with Crippen LogP contribution in [0.15, 0.2) is 54.2 Å². The van der Waals surface area contributed by atoms with Crippen LogP contribution in [0.5, 0.6) is 5.75 Å². The summed E-state index contributed by atoms with van der Waals surface area (Å²) in [4.78, 5) is 27.7. The Bertz CT molecular complexity index is 941. The molecule has 1 aliphatic heterocycles. The Hall–Kier alpha value is -3.08. The minimum atomic E-state index is -0.286. The van der Waals surface area contributed by atoms with Gasteiger partial charge in [-0.3, -0.25) is 14.5 Å². The first-order chi connectivity index (χ1) is 14.3. The maximum atomic E-state index is 13.2. The smallest absolute Gasteiger partial charge is 0.278 e. The van der Waals surface area contributed by atoms with E-state index in [1.54, 1.807) is 0 Å². The summed E-state index contributed by atoms with van der Waals surface area (Å²) in [5, 5.41) is 3.21. The third-order valence-electron chi connectivity index (χ3n) is 4.86. The molecular weight excluding hydrogens is 376 g/mol. The van der Waals surface area contributed by atoms with Gasteiger partial charge in [0.1, 0.15) is 11.4 Å². The van der Waals surface area contributed by atoms with Gasteiger partial charge in [0.15, 0.2) is 0 Å². The number of rotatable bonds is 8. The molecule has 0 spiro atoms. The molecule has 30 heavy (non-hydrogen) atoms. The van der Waals surface area contributed by atoms with Crippen LogP contribution in [0.2, 0.25) is 0 Å². The van der Waals surface area contributed by atoms with E-state index in [-0.39, 0.29) is 23.8 Å². The van der Waals surface area contributed by atoms with E-state index in [1.807, 2.05) is 76.2 Å². The fourth-order valence-corrected chi connectivity index (χ4v) is 3.43. The van der Waals surface area contributed by atoms with Gasteiger partial charge in [0.2, 0.25) is 0 Å². The Kier molecular flexibility index (Phi) is 6.60. The van der Waals surface area contributed by atoms with Crippen LogP contribution in [0.1, 0.15) is 45.7 Å². The lowest BCUT2D eigenvalue weighted by Gasteiger charge is -2.17. The monoisotopic (exact) mass is 406 g/mol. The van der Waals surface area contributed by atoms with Crippen molar-refractivity contribution in [3.8, 4) is 5.75 Å². The molecule has 2 amide bonds. The maximum absolute atomic E-state index is 13.2. The predicted octanol–water partition coefficient (Wildman–Crippen LogP) is 4.88. The minimum absolute atomic E-state index is 0.0645. The van der Waals surface area contributed by atoms with Gasteiger partial charge in [0.25, 0.3) is 11.8 Å². The molecule has 158 valence electrons. The van der Waals surface area contributed by atoms with E-state index >= 15 is 0 Å². The van der Waals surface area contributed by atoms with Gasteiger partial charge in [0, 0.05) is 12.2 Å². The van der Waals surface area contributed by atoms with Crippen LogP contribution < -0.4 is 10.1 Å². The lowest BCUT2D eigenvalue weighted by atomic mass is 10.0. The highest BCUT2D eigenvalue weighted by molar-refractivity contribution is 6.36. The van der Waals surface area contributed by atoms with Crippen molar-refractivity contribution in [3.63, 3.8) is 0 Å². The van der Waals surface area contributed by atoms with Crippen molar-refractivity contribution in [2.45, 2.75) is 47.1 Å². The summed E-state index contributed by atoms with van der Waals surface area (Å²) in [7, 11) is 0. The van der Waals surface area contributed by atoms with E-state index < -0.39 is 0 Å². The van der Waals surface area contributed by atoms with E-state index in [9.17, 15) is 9.59 Å². The summed E-state index contributed by atoms with van der Waals surface area (Å²) in [5.41, 5.74) is 3.42. The zero-order valence-electron chi connectivity index (χ0n) is 18.4. The number of nitrogens with zero attached hydrogens (tertiary/aromatic N) is 1. The lowest BCUT2D eigenvalue weighted by Crippen LogP contribution is -2.35. The lowest BCUT2D eigenvalue weighted by molar-refractivity contribution is -0.137. The summed E-state index contributed by atoms with van der Waals surface area (Å²) >= 11 is 0. The van der Waals surface area contributed by atoms with Crippen molar-refractivity contribution >= 4 is 23.1 Å². The largest absolute Gasteiger partial charge is 0.491 e. The molecule has 1 N–H and O–H groups in total. The summed E-state index contributed by atoms with van der Waals surface area (Å²) in [5.74, 6) is 0.364. The fraction of sp³-hybridized carbons (Fsp3) is 0.360. The first-order valence-electron chi connectivity index (χ1n) is 10.5. The summed E-state index contributed by atoms with van der Waals surface area (Å²) in [6.07, 6.45) is 1.01. The molecule has 2 aromatic rings. The van der Waals surface area contributed by atoms with Crippen LogP contribution in [0, 0.1) is 5.92 Å². The summed E-state index contributed by atoms with van der Waals surface area (Å²) in [6, 6.07) is 15.2. The molecule has 3 rings (SSSR count). The molecule has 0 aromatic heterocycles. The van der Waals surface area contributed by atoms with Crippen molar-refractivity contribution in [2.24, 2.45) is 5.92 Å². The van der Waals surface area contributed by atoms with E-state index in [0.29, 0.717) is 23.4 Å². The second kappa shape index (κ2) is 9.16. The number of benzene rings is 2. The number of imide groups is 1. The molecular formula is C25H30N2O3. The molecule has 0 unspecified atom stereocenters. The van der Waals surface area contributed by atoms with Crippen molar-refractivity contribution in [1.29, 1.82) is 0 Å². The number of nitrogens with one attached hydrogen (secondary N) is 1. The molecule has 0 atom stereocenters. The molecule has 5 heteroatoms. The molecule has 0 fully saturated rings. The van der Waals surface area contributed by atoms with Gasteiger partial charge in [-0.15, -0.1) is 0 Å². The van der Waals surface area contributed by atoms with Crippen LogP contribution in [-0.2, 0) is 16.0 Å². The first-order valence-corrected chi connectivity index (χ1v) is 10.5. The Morgan fingerprint density at radius 3 is 2.07 bits per heavy atom. The van der Waals surface area contributed by atoms with E-state index in [4.69, 9.17) is 4.74 Å². The number of anilines is 1. The maximum Gasteiger partial charge on any atom is 0.278 e. The topological polar surface area (TPSA) is 58.6 Å². The van der Waals surface area contributed by atoms with Crippen molar-refractivity contribution in [1.82, 2.24) is 4.90 Å². The Morgan fingerprint density at radius 1 is 0.900 bits per heavy atom. The van der Waals surface area contributed by atoms with Gasteiger partial charge in [-0.1, -0.05) is 45.0 Å². The number of amides is 2. The molecule has 1 aliphatic rings. The third-order valence-corrected chi connectivity index (χ3v) is 4.86. The second-order valence-electron chi connectivity index (χ2n) is 8.23. The average Bonchev–Trinajstić information content (AvgIpc) is 2.93. The number of hydrogen-bond acceptors (Lipinski definition) is 4. The summed E-state index contributed by atoms with van der Waals surface area (Å²) < 4.78 is 5.70. The van der Waals surface area contributed by atoms with Crippen molar-refractivity contribution < 1.29 is 14.3 Å². The van der Waals surface area contributed by atoms with Crippen molar-refractivity contribution in [3.05, 3.63) is 65.4 Å². The average molecular weight is 407 g/mol. The standard InChI is InChI=1S/C25H30N2O3/c1-6-18-7-11-20(12-8-18)26-23-22(24(28)27(25(23)29)15-16(2)3)19-9-13-21(14-10-19)30-17(4)5/h7-14,16-17,26H,6,15H2,1-5H3. The molecule has 0 radical (unpaired) electrons. The minimum Gasteiger partial charge on any atom is -0.491 e. The number of carbonyl (C=O) groups excluding carboxylic acids is 2. The number of aryl methyl sites for hydroxylation is 1. The van der Waals surface area contributed by atoms with E-state index in [2.05, 4.69) is 12.2 Å². The third kappa shape index (κ3) is 4.73. The summed E-state index contributed by atoms with van der Waals surface area (Å²) in [6.45, 7) is 10.4. The Labute approximate surface area is 178 Å². The predicted molar refractivity (Wildman–Crippen MR) is 120 cm³/mol. The quantitative estimate of drug-likeness (QED) is 0.635. The second-order valence-corrected chi connectivity index (χ2v) is 8.23. The van der Waals surface area contributed by atoms with Gasteiger partial charge in [0.05, 0.1) is 11.7 Å². The molecule has 0 aliphatic carbocycles. The molecule has 2 aromatic carbocycles. The zero-order valence-corrected chi connectivity index (χ0v) is 18.4. The molecule has 1 heterocycles. The number of hydrogen-bond donors (Lipinski definition) is 1. The van der Waals surface area contributed by atoms with Crippen LogP contribution >= 0.6 is 0 Å². The SMILES string of the molecule is CCc1ccc(NC2=C(c3ccc(OC(C)C)cc3)C(=O)N(CC(C)C)C2=O)cc1. The van der Waals surface area contributed by atoms with Gasteiger partial charge >= 0.3 is 0 Å². The Balaban J connectivity index is 1.99. The van der Waals surface area contributed by atoms with Gasteiger partial charge < -0.3 is 10.1 Å². The highest BCUT2D eigenvalue weighted by atomic mass is 16.5. The van der Waals surface area contributed by atoms with Crippen LogP contribution in [0.25, 0.3) is 5.57 Å². The van der Waals surface area contributed by atoms with E-state index in [0.717, 1.165) is 17.9 Å². The zero-order chi connectivity index (χ0) is 21.8. The molecule has 0 saturated carbocycles. The number of ether oxygens (including phenoxy) is 1. The fourth-order valence-electron chi connectivity index (χ4n) is 3.43. The molecule has 0 saturated heterocycles. The van der Waals surface area contributed by atoms with E-state index in [1.165, 1.54) is 10.5 Å². The number of carbonyl (C=O) groups is 2. The van der Waals surface area contributed by atoms with Gasteiger partial charge in [-0.25, -0.2) is 0 Å². The van der Waals surface area contributed by atoms with Gasteiger partial charge in [-0.2, -0.15) is 0 Å². The molecule has 5 nitrogen and oxygen atoms in total. The highest BCUT2D eigenvalue weighted by Gasteiger charge is 2.39. The normalized spacial score (nSPS) is 14.3.